The average molecular weight is 350 g/mol. The van der Waals surface area contributed by atoms with Gasteiger partial charge in [-0.25, -0.2) is 8.42 Å². The van der Waals surface area contributed by atoms with Crippen LogP contribution in [0.5, 0.6) is 0 Å². The molecule has 0 radical (unpaired) electrons. The Morgan fingerprint density at radius 3 is 2.43 bits per heavy atom. The zero-order valence-corrected chi connectivity index (χ0v) is 14.2. The first-order chi connectivity index (χ1) is 11.1. The summed E-state index contributed by atoms with van der Waals surface area (Å²) in [5.74, 6) is -0.205. The zero-order chi connectivity index (χ0) is 16.3. The SMILES string of the molecule is O=C(NCc1cccs1)c1ccc(S(=O)(=O)N2CCCC2)cc1. The van der Waals surface area contributed by atoms with Gasteiger partial charge in [0.25, 0.3) is 5.91 Å². The van der Waals surface area contributed by atoms with Crippen LogP contribution in [0.1, 0.15) is 28.1 Å². The van der Waals surface area contributed by atoms with Crippen LogP contribution in [0.25, 0.3) is 0 Å². The van der Waals surface area contributed by atoms with Gasteiger partial charge in [-0.3, -0.25) is 4.79 Å². The highest BCUT2D eigenvalue weighted by Crippen LogP contribution is 2.21. The molecule has 1 saturated heterocycles. The van der Waals surface area contributed by atoms with Crippen molar-refractivity contribution in [3.63, 3.8) is 0 Å². The van der Waals surface area contributed by atoms with Gasteiger partial charge in [-0.1, -0.05) is 6.07 Å². The van der Waals surface area contributed by atoms with Crippen LogP contribution < -0.4 is 5.32 Å². The van der Waals surface area contributed by atoms with Gasteiger partial charge in [0.05, 0.1) is 11.4 Å². The number of benzene rings is 1. The molecule has 1 fully saturated rings. The van der Waals surface area contributed by atoms with Crippen molar-refractivity contribution in [1.29, 1.82) is 0 Å². The fraction of sp³-hybridized carbons (Fsp3) is 0.312. The Morgan fingerprint density at radius 2 is 1.83 bits per heavy atom. The summed E-state index contributed by atoms with van der Waals surface area (Å²) < 4.78 is 26.3. The lowest BCUT2D eigenvalue weighted by Gasteiger charge is -2.15. The molecule has 1 aromatic heterocycles. The first-order valence-corrected chi connectivity index (χ1v) is 9.80. The van der Waals surface area contributed by atoms with Gasteiger partial charge in [0, 0.05) is 23.5 Å². The number of amides is 1. The second-order valence-corrected chi connectivity index (χ2v) is 8.37. The Hall–Kier alpha value is -1.70. The second kappa shape index (κ2) is 6.82. The normalized spacial score (nSPS) is 15.7. The molecule has 0 spiro atoms. The van der Waals surface area contributed by atoms with Crippen LogP contribution in [0.4, 0.5) is 0 Å². The maximum absolute atomic E-state index is 12.4. The van der Waals surface area contributed by atoms with E-state index in [0.29, 0.717) is 25.2 Å². The van der Waals surface area contributed by atoms with Crippen molar-refractivity contribution in [3.05, 3.63) is 52.2 Å². The number of sulfonamides is 1. The average Bonchev–Trinajstić information content (AvgIpc) is 3.26. The Labute approximate surface area is 140 Å². The Morgan fingerprint density at radius 1 is 1.13 bits per heavy atom. The molecule has 1 N–H and O–H groups in total. The molecule has 3 rings (SSSR count). The minimum Gasteiger partial charge on any atom is -0.347 e. The van der Waals surface area contributed by atoms with Crippen LogP contribution in [0, 0.1) is 0 Å². The molecule has 1 aliphatic heterocycles. The number of carbonyl (C=O) groups is 1. The van der Waals surface area contributed by atoms with Gasteiger partial charge in [-0.2, -0.15) is 4.31 Å². The number of nitrogens with one attached hydrogen (secondary N) is 1. The highest BCUT2D eigenvalue weighted by molar-refractivity contribution is 7.89. The molecule has 0 bridgehead atoms. The monoisotopic (exact) mass is 350 g/mol. The van der Waals surface area contributed by atoms with E-state index in [1.54, 1.807) is 23.5 Å². The summed E-state index contributed by atoms with van der Waals surface area (Å²) in [6.07, 6.45) is 1.81. The van der Waals surface area contributed by atoms with E-state index in [9.17, 15) is 13.2 Å². The van der Waals surface area contributed by atoms with Gasteiger partial charge in [0.2, 0.25) is 10.0 Å². The van der Waals surface area contributed by atoms with Gasteiger partial charge >= 0.3 is 0 Å². The number of thiophene rings is 1. The molecule has 1 amide bonds. The van der Waals surface area contributed by atoms with Gasteiger partial charge in [0.1, 0.15) is 0 Å². The largest absolute Gasteiger partial charge is 0.347 e. The minimum atomic E-state index is -3.43. The molecule has 0 aliphatic carbocycles. The van der Waals surface area contributed by atoms with E-state index >= 15 is 0 Å². The number of hydrogen-bond acceptors (Lipinski definition) is 4. The van der Waals surface area contributed by atoms with Crippen molar-refractivity contribution in [2.24, 2.45) is 0 Å². The predicted molar refractivity (Wildman–Crippen MR) is 89.9 cm³/mol. The number of rotatable bonds is 5. The first-order valence-electron chi connectivity index (χ1n) is 7.48. The third-order valence-corrected chi connectivity index (χ3v) is 6.61. The summed E-state index contributed by atoms with van der Waals surface area (Å²) in [4.78, 5) is 13.4. The van der Waals surface area contributed by atoms with Crippen molar-refractivity contribution in [1.82, 2.24) is 9.62 Å². The molecule has 2 aromatic rings. The van der Waals surface area contributed by atoms with E-state index in [-0.39, 0.29) is 10.8 Å². The predicted octanol–water partition coefficient (Wildman–Crippen LogP) is 2.46. The standard InChI is InChI=1S/C16H18N2O3S2/c19-16(17-12-14-4-3-11-22-14)13-5-7-15(8-6-13)23(20,21)18-9-1-2-10-18/h3-8,11H,1-2,9-10,12H2,(H,17,19). The van der Waals surface area contributed by atoms with E-state index in [0.717, 1.165) is 17.7 Å². The van der Waals surface area contributed by atoms with Crippen LogP contribution in [-0.4, -0.2) is 31.7 Å². The van der Waals surface area contributed by atoms with E-state index in [4.69, 9.17) is 0 Å². The molecule has 23 heavy (non-hydrogen) atoms. The molecular weight excluding hydrogens is 332 g/mol. The first kappa shape index (κ1) is 16.2. The third-order valence-electron chi connectivity index (χ3n) is 3.82. The lowest BCUT2D eigenvalue weighted by Crippen LogP contribution is -2.28. The van der Waals surface area contributed by atoms with Gasteiger partial charge in [0.15, 0.2) is 0 Å². The minimum absolute atomic E-state index is 0.205. The number of nitrogens with zero attached hydrogens (tertiary/aromatic N) is 1. The fourth-order valence-electron chi connectivity index (χ4n) is 2.54. The van der Waals surface area contributed by atoms with Crippen LogP contribution in [-0.2, 0) is 16.6 Å². The molecule has 0 saturated carbocycles. The zero-order valence-electron chi connectivity index (χ0n) is 12.6. The summed E-state index contributed by atoms with van der Waals surface area (Å²) in [5, 5.41) is 4.78. The lowest BCUT2D eigenvalue weighted by molar-refractivity contribution is 0.0951. The molecule has 2 heterocycles. The van der Waals surface area contributed by atoms with E-state index in [1.807, 2.05) is 17.5 Å². The number of hydrogen-bond donors (Lipinski definition) is 1. The van der Waals surface area contributed by atoms with Crippen molar-refractivity contribution in [3.8, 4) is 0 Å². The molecule has 0 atom stereocenters. The van der Waals surface area contributed by atoms with E-state index < -0.39 is 10.0 Å². The van der Waals surface area contributed by atoms with Crippen molar-refractivity contribution in [2.75, 3.05) is 13.1 Å². The Balaban J connectivity index is 1.67. The molecule has 1 aliphatic rings. The lowest BCUT2D eigenvalue weighted by atomic mass is 10.2. The summed E-state index contributed by atoms with van der Waals surface area (Å²) >= 11 is 1.58. The smallest absolute Gasteiger partial charge is 0.251 e. The van der Waals surface area contributed by atoms with Crippen LogP contribution in [0.2, 0.25) is 0 Å². The maximum Gasteiger partial charge on any atom is 0.251 e. The quantitative estimate of drug-likeness (QED) is 0.901. The van der Waals surface area contributed by atoms with Crippen molar-refractivity contribution in [2.45, 2.75) is 24.3 Å². The highest BCUT2D eigenvalue weighted by atomic mass is 32.2. The maximum atomic E-state index is 12.4. The fourth-order valence-corrected chi connectivity index (χ4v) is 4.70. The van der Waals surface area contributed by atoms with E-state index in [1.165, 1.54) is 16.4 Å². The Kier molecular flexibility index (Phi) is 4.79. The van der Waals surface area contributed by atoms with Gasteiger partial charge < -0.3 is 5.32 Å². The molecular formula is C16H18N2O3S2. The van der Waals surface area contributed by atoms with Crippen molar-refractivity contribution < 1.29 is 13.2 Å². The molecule has 0 unspecified atom stereocenters. The van der Waals surface area contributed by atoms with Crippen LogP contribution >= 0.6 is 11.3 Å². The van der Waals surface area contributed by atoms with E-state index in [2.05, 4.69) is 5.32 Å². The molecule has 5 nitrogen and oxygen atoms in total. The molecule has 1 aromatic carbocycles. The van der Waals surface area contributed by atoms with Crippen LogP contribution in [0.15, 0.2) is 46.7 Å². The summed E-state index contributed by atoms with van der Waals surface area (Å²) in [5.41, 5.74) is 0.460. The van der Waals surface area contributed by atoms with Crippen molar-refractivity contribution >= 4 is 27.3 Å². The molecule has 7 heteroatoms. The number of carbonyl (C=O) groups excluding carboxylic acids is 1. The summed E-state index contributed by atoms with van der Waals surface area (Å²) in [6, 6.07) is 10.0. The molecule has 122 valence electrons. The summed E-state index contributed by atoms with van der Waals surface area (Å²) in [7, 11) is -3.43. The van der Waals surface area contributed by atoms with Gasteiger partial charge in [-0.05, 0) is 48.6 Å². The Bertz CT molecular complexity index is 762. The highest BCUT2D eigenvalue weighted by Gasteiger charge is 2.27. The second-order valence-electron chi connectivity index (χ2n) is 5.40. The summed E-state index contributed by atoms with van der Waals surface area (Å²) in [6.45, 7) is 1.63. The third kappa shape index (κ3) is 3.63. The van der Waals surface area contributed by atoms with Crippen LogP contribution in [0.3, 0.4) is 0 Å². The topological polar surface area (TPSA) is 66.5 Å². The van der Waals surface area contributed by atoms with Gasteiger partial charge in [-0.15, -0.1) is 11.3 Å².